The molecule has 2 aliphatic rings. The molecule has 0 aromatic heterocycles. The van der Waals surface area contributed by atoms with Gasteiger partial charge in [-0.15, -0.1) is 0 Å². The lowest BCUT2D eigenvalue weighted by molar-refractivity contribution is -0.153. The molecule has 2 aliphatic heterocycles. The predicted octanol–water partition coefficient (Wildman–Crippen LogP) is 0.214. The van der Waals surface area contributed by atoms with Gasteiger partial charge in [-0.3, -0.25) is 0 Å². The van der Waals surface area contributed by atoms with Crippen LogP contribution < -0.4 is 9.86 Å². The zero-order valence-electron chi connectivity index (χ0n) is 15.6. The molecule has 0 spiro atoms. The Morgan fingerprint density at radius 2 is 2.00 bits per heavy atom. The molecule has 150 valence electrons. The van der Waals surface area contributed by atoms with Crippen LogP contribution in [0.1, 0.15) is 34.1 Å². The van der Waals surface area contributed by atoms with Gasteiger partial charge in [-0.05, 0) is 34.1 Å². The maximum absolute atomic E-state index is 11.6. The van der Waals surface area contributed by atoms with Gasteiger partial charge >= 0.3 is 5.97 Å². The first-order chi connectivity index (χ1) is 12.0. The lowest BCUT2D eigenvalue weighted by atomic mass is 9.90. The van der Waals surface area contributed by atoms with E-state index in [1.54, 1.807) is 20.8 Å². The van der Waals surface area contributed by atoms with Crippen LogP contribution in [0.3, 0.4) is 0 Å². The molecule has 0 saturated carbocycles. The second kappa shape index (κ2) is 8.32. The highest BCUT2D eigenvalue weighted by atomic mass is 32.2. The van der Waals surface area contributed by atoms with Crippen LogP contribution in [-0.2, 0) is 34.0 Å². The van der Waals surface area contributed by atoms with Gasteiger partial charge < -0.3 is 18.9 Å². The fourth-order valence-corrected chi connectivity index (χ4v) is 3.69. The summed E-state index contributed by atoms with van der Waals surface area (Å²) in [5.74, 6) is -1.43. The van der Waals surface area contributed by atoms with Crippen LogP contribution in [-0.4, -0.2) is 58.2 Å². The lowest BCUT2D eigenvalue weighted by Crippen LogP contribution is -2.52. The monoisotopic (exact) mass is 392 g/mol. The second-order valence-corrected chi connectivity index (χ2v) is 8.42. The summed E-state index contributed by atoms with van der Waals surface area (Å²) in [4.78, 5) is 11.6. The Bertz CT molecular complexity index is 647. The quantitative estimate of drug-likeness (QED) is 0.468. The standard InChI is InChI=1S/C16H28N2O7S/c1-5-22-13(19)7-10(2)6-12-15-14(24-16(3,4)25-15)11(9-23-12)8-18-26(17,20)21/h7,11-12,14-15,18H,5-6,8-9H2,1-4H3,(H2,17,20,21)/t11-,12+,14-,15+/m1/s1. The fourth-order valence-electron chi connectivity index (χ4n) is 3.24. The molecule has 0 bridgehead atoms. The minimum absolute atomic E-state index is 0.101. The maximum atomic E-state index is 11.6. The number of hydrogen-bond donors (Lipinski definition) is 2. The average molecular weight is 392 g/mol. The van der Waals surface area contributed by atoms with Crippen molar-refractivity contribution in [2.45, 2.75) is 58.2 Å². The third kappa shape index (κ3) is 6.00. The van der Waals surface area contributed by atoms with Gasteiger partial charge in [0.2, 0.25) is 0 Å². The maximum Gasteiger partial charge on any atom is 0.330 e. The first-order valence-electron chi connectivity index (χ1n) is 8.59. The first-order valence-corrected chi connectivity index (χ1v) is 10.1. The Morgan fingerprint density at radius 1 is 1.35 bits per heavy atom. The first kappa shape index (κ1) is 21.3. The Balaban J connectivity index is 2.06. The van der Waals surface area contributed by atoms with Gasteiger partial charge in [0.15, 0.2) is 5.79 Å². The summed E-state index contributed by atoms with van der Waals surface area (Å²) in [5.41, 5.74) is 0.807. The molecule has 0 amide bonds. The summed E-state index contributed by atoms with van der Waals surface area (Å²) in [7, 11) is -3.79. The highest BCUT2D eigenvalue weighted by Gasteiger charge is 2.51. The third-order valence-corrected chi connectivity index (χ3v) is 4.81. The molecule has 2 saturated heterocycles. The number of rotatable bonds is 7. The summed E-state index contributed by atoms with van der Waals surface area (Å²) in [6, 6.07) is 0. The van der Waals surface area contributed by atoms with Crippen molar-refractivity contribution in [2.24, 2.45) is 11.1 Å². The van der Waals surface area contributed by atoms with E-state index in [2.05, 4.69) is 4.72 Å². The van der Waals surface area contributed by atoms with Crippen molar-refractivity contribution in [3.8, 4) is 0 Å². The van der Waals surface area contributed by atoms with E-state index in [9.17, 15) is 13.2 Å². The van der Waals surface area contributed by atoms with Gasteiger partial charge in [0.25, 0.3) is 10.2 Å². The van der Waals surface area contributed by atoms with Crippen LogP contribution >= 0.6 is 0 Å². The number of esters is 1. The summed E-state index contributed by atoms with van der Waals surface area (Å²) in [6.07, 6.45) is 0.898. The molecule has 0 aromatic carbocycles. The second-order valence-electron chi connectivity index (χ2n) is 7.04. The molecule has 0 unspecified atom stereocenters. The number of nitrogens with two attached hydrogens (primary N) is 1. The van der Waals surface area contributed by atoms with E-state index in [1.807, 2.05) is 6.92 Å². The van der Waals surface area contributed by atoms with E-state index in [1.165, 1.54) is 6.08 Å². The number of nitrogens with one attached hydrogen (secondary N) is 1. The SMILES string of the molecule is CCOC(=O)C=C(C)C[C@@H]1OC[C@@H](CNS(N)(=O)=O)[C@H]2OC(C)(C)O[C@H]21. The van der Waals surface area contributed by atoms with Crippen molar-refractivity contribution in [2.75, 3.05) is 19.8 Å². The predicted molar refractivity (Wildman–Crippen MR) is 93.2 cm³/mol. The van der Waals surface area contributed by atoms with Gasteiger partial charge in [0.1, 0.15) is 6.10 Å². The van der Waals surface area contributed by atoms with E-state index in [-0.39, 0.29) is 30.8 Å². The highest BCUT2D eigenvalue weighted by Crippen LogP contribution is 2.39. The topological polar surface area (TPSA) is 126 Å². The largest absolute Gasteiger partial charge is 0.463 e. The van der Waals surface area contributed by atoms with Gasteiger partial charge in [-0.2, -0.15) is 8.42 Å². The van der Waals surface area contributed by atoms with E-state index >= 15 is 0 Å². The lowest BCUT2D eigenvalue weighted by Gasteiger charge is -2.37. The van der Waals surface area contributed by atoms with E-state index in [0.717, 1.165) is 5.57 Å². The molecular formula is C16H28N2O7S. The molecule has 2 heterocycles. The van der Waals surface area contributed by atoms with Crippen molar-refractivity contribution < 1.29 is 32.2 Å². The van der Waals surface area contributed by atoms with Crippen molar-refractivity contribution >= 4 is 16.2 Å². The number of hydrogen-bond acceptors (Lipinski definition) is 7. The molecule has 0 radical (unpaired) electrons. The van der Waals surface area contributed by atoms with Crippen LogP contribution in [0.2, 0.25) is 0 Å². The molecule has 9 nitrogen and oxygen atoms in total. The summed E-state index contributed by atoms with van der Waals surface area (Å²) < 4.78 is 47.4. The molecular weight excluding hydrogens is 364 g/mol. The van der Waals surface area contributed by atoms with E-state index < -0.39 is 22.0 Å². The molecule has 0 aliphatic carbocycles. The Hall–Kier alpha value is -1.04. The number of ether oxygens (including phenoxy) is 4. The van der Waals surface area contributed by atoms with Crippen LogP contribution in [0.25, 0.3) is 0 Å². The average Bonchev–Trinajstić information content (AvgIpc) is 2.81. The molecule has 3 N–H and O–H groups in total. The minimum Gasteiger partial charge on any atom is -0.463 e. The van der Waals surface area contributed by atoms with E-state index in [4.69, 9.17) is 24.1 Å². The Kier molecular flexibility index (Phi) is 6.81. The molecule has 2 rings (SSSR count). The van der Waals surface area contributed by atoms with Crippen LogP contribution in [0.5, 0.6) is 0 Å². The molecule has 10 heteroatoms. The number of fused-ring (bicyclic) bond motifs is 1. The summed E-state index contributed by atoms with van der Waals surface area (Å²) in [5, 5.41) is 5.00. The Labute approximate surface area is 154 Å². The molecule has 26 heavy (non-hydrogen) atoms. The van der Waals surface area contributed by atoms with Crippen molar-refractivity contribution in [3.05, 3.63) is 11.6 Å². The summed E-state index contributed by atoms with van der Waals surface area (Å²) >= 11 is 0. The zero-order valence-corrected chi connectivity index (χ0v) is 16.4. The van der Waals surface area contributed by atoms with Gasteiger partial charge in [-0.25, -0.2) is 14.7 Å². The fraction of sp³-hybridized carbons (Fsp3) is 0.812. The Morgan fingerprint density at radius 3 is 2.62 bits per heavy atom. The minimum atomic E-state index is -3.79. The third-order valence-electron chi connectivity index (χ3n) is 4.24. The van der Waals surface area contributed by atoms with Crippen LogP contribution in [0.15, 0.2) is 11.6 Å². The highest BCUT2D eigenvalue weighted by molar-refractivity contribution is 7.87. The van der Waals surface area contributed by atoms with Crippen molar-refractivity contribution in [1.29, 1.82) is 0 Å². The van der Waals surface area contributed by atoms with E-state index in [0.29, 0.717) is 19.6 Å². The van der Waals surface area contributed by atoms with Gasteiger partial charge in [0.05, 0.1) is 25.4 Å². The number of carbonyl (C=O) groups is 1. The number of carbonyl (C=O) groups excluding carboxylic acids is 1. The summed E-state index contributed by atoms with van der Waals surface area (Å²) in [6.45, 7) is 7.88. The zero-order chi connectivity index (χ0) is 19.5. The van der Waals surface area contributed by atoms with Gasteiger partial charge in [-0.1, -0.05) is 5.57 Å². The van der Waals surface area contributed by atoms with Gasteiger partial charge in [0, 0.05) is 18.5 Å². The normalized spacial score (nSPS) is 31.5. The van der Waals surface area contributed by atoms with Crippen molar-refractivity contribution in [1.82, 2.24) is 4.72 Å². The van der Waals surface area contributed by atoms with Crippen LogP contribution in [0.4, 0.5) is 0 Å². The van der Waals surface area contributed by atoms with Crippen LogP contribution in [0, 0.1) is 5.92 Å². The smallest absolute Gasteiger partial charge is 0.330 e. The molecule has 2 fully saturated rings. The van der Waals surface area contributed by atoms with Crippen molar-refractivity contribution in [3.63, 3.8) is 0 Å². The molecule has 4 atom stereocenters. The molecule has 0 aromatic rings.